The summed E-state index contributed by atoms with van der Waals surface area (Å²) in [6.45, 7) is 1.93. The highest BCUT2D eigenvalue weighted by Gasteiger charge is 2.47. The molecule has 0 radical (unpaired) electrons. The van der Waals surface area contributed by atoms with E-state index in [1.165, 1.54) is 6.07 Å². The summed E-state index contributed by atoms with van der Waals surface area (Å²) in [6.07, 6.45) is 0.741. The maximum atomic E-state index is 13.3. The number of ether oxygens (including phenoxy) is 2. The lowest BCUT2D eigenvalue weighted by atomic mass is 10.2. The second-order valence-corrected chi connectivity index (χ2v) is 5.77. The van der Waals surface area contributed by atoms with E-state index in [4.69, 9.17) is 9.47 Å². The van der Waals surface area contributed by atoms with Crippen LogP contribution in [0.25, 0.3) is 0 Å². The second kappa shape index (κ2) is 4.95. The van der Waals surface area contributed by atoms with E-state index in [1.807, 2.05) is 24.3 Å². The monoisotopic (exact) mass is 303 g/mol. The maximum Gasteiger partial charge on any atom is 0.265 e. The minimum absolute atomic E-state index is 0.544. The van der Waals surface area contributed by atoms with E-state index in [0.717, 1.165) is 36.1 Å². The number of nitrogens with zero attached hydrogens (tertiary/aromatic N) is 1. The van der Waals surface area contributed by atoms with Crippen LogP contribution in [0, 0.1) is 11.6 Å². The molecular formula is C17H15F2NO2. The van der Waals surface area contributed by atoms with Gasteiger partial charge in [0.25, 0.3) is 5.79 Å². The molecule has 2 aromatic rings. The fourth-order valence-electron chi connectivity index (χ4n) is 3.07. The van der Waals surface area contributed by atoms with E-state index in [1.54, 1.807) is 6.07 Å². The number of fused-ring (bicyclic) bond motifs is 1. The molecule has 0 bridgehead atoms. The van der Waals surface area contributed by atoms with Gasteiger partial charge in [0.1, 0.15) is 0 Å². The van der Waals surface area contributed by atoms with Crippen molar-refractivity contribution in [2.24, 2.45) is 0 Å². The van der Waals surface area contributed by atoms with Gasteiger partial charge in [-0.05, 0) is 29.8 Å². The van der Waals surface area contributed by atoms with E-state index in [2.05, 4.69) is 4.90 Å². The Bertz CT molecular complexity index is 695. The molecule has 114 valence electrons. The Kier molecular flexibility index (Phi) is 3.04. The molecule has 0 amide bonds. The van der Waals surface area contributed by atoms with Crippen molar-refractivity contribution >= 4 is 0 Å². The minimum Gasteiger partial charge on any atom is -0.447 e. The molecule has 0 N–H and O–H groups in total. The molecule has 5 heteroatoms. The molecule has 0 aromatic heterocycles. The molecule has 3 nitrogen and oxygen atoms in total. The normalized spacial score (nSPS) is 19.0. The van der Waals surface area contributed by atoms with Gasteiger partial charge in [0.2, 0.25) is 0 Å². The first-order valence-electron chi connectivity index (χ1n) is 7.27. The highest BCUT2D eigenvalue weighted by Crippen LogP contribution is 2.43. The zero-order valence-electron chi connectivity index (χ0n) is 11.9. The van der Waals surface area contributed by atoms with Crippen LogP contribution in [0.15, 0.2) is 42.5 Å². The molecule has 1 fully saturated rings. The summed E-state index contributed by atoms with van der Waals surface area (Å²) in [5.41, 5.74) is 0.742. The number of rotatable bonds is 2. The molecular weight excluding hydrogens is 288 g/mol. The van der Waals surface area contributed by atoms with Crippen LogP contribution in [0.5, 0.6) is 11.5 Å². The van der Waals surface area contributed by atoms with E-state index >= 15 is 0 Å². The molecule has 0 unspecified atom stereocenters. The van der Waals surface area contributed by atoms with Crippen molar-refractivity contribution < 1.29 is 18.3 Å². The van der Waals surface area contributed by atoms with Crippen molar-refractivity contribution in [1.82, 2.24) is 4.90 Å². The SMILES string of the molecule is Fc1ccc(CN2CCC3(C2)Oc2ccccc2O3)cc1F. The molecule has 4 rings (SSSR count). The lowest BCUT2D eigenvalue weighted by molar-refractivity contribution is -0.0678. The molecule has 2 aliphatic heterocycles. The van der Waals surface area contributed by atoms with E-state index in [-0.39, 0.29) is 0 Å². The van der Waals surface area contributed by atoms with Gasteiger partial charge in [0, 0.05) is 19.5 Å². The van der Waals surface area contributed by atoms with Crippen LogP contribution in [0.1, 0.15) is 12.0 Å². The van der Waals surface area contributed by atoms with Crippen molar-refractivity contribution in [2.75, 3.05) is 13.1 Å². The molecule has 2 heterocycles. The van der Waals surface area contributed by atoms with Gasteiger partial charge in [-0.1, -0.05) is 18.2 Å². The highest BCUT2D eigenvalue weighted by atomic mass is 19.2. The first-order chi connectivity index (χ1) is 10.6. The topological polar surface area (TPSA) is 21.7 Å². The van der Waals surface area contributed by atoms with Gasteiger partial charge in [-0.2, -0.15) is 0 Å². The minimum atomic E-state index is -0.820. The molecule has 1 saturated heterocycles. The van der Waals surface area contributed by atoms with Crippen molar-refractivity contribution in [1.29, 1.82) is 0 Å². The average Bonchev–Trinajstić information content (AvgIpc) is 3.06. The van der Waals surface area contributed by atoms with Crippen LogP contribution < -0.4 is 9.47 Å². The molecule has 1 spiro atoms. The Hall–Kier alpha value is -2.14. The zero-order valence-corrected chi connectivity index (χ0v) is 11.9. The van der Waals surface area contributed by atoms with Gasteiger partial charge in [0.15, 0.2) is 23.1 Å². The van der Waals surface area contributed by atoms with Gasteiger partial charge in [-0.25, -0.2) is 8.78 Å². The third kappa shape index (κ3) is 2.31. The van der Waals surface area contributed by atoms with Crippen LogP contribution in [0.2, 0.25) is 0 Å². The summed E-state index contributed by atoms with van der Waals surface area (Å²) < 4.78 is 38.2. The number of para-hydroxylation sites is 2. The number of benzene rings is 2. The number of halogens is 2. The Morgan fingerprint density at radius 2 is 1.73 bits per heavy atom. The van der Waals surface area contributed by atoms with Crippen molar-refractivity contribution in [2.45, 2.75) is 18.8 Å². The van der Waals surface area contributed by atoms with Gasteiger partial charge < -0.3 is 9.47 Å². The fourth-order valence-corrected chi connectivity index (χ4v) is 3.07. The number of hydrogen-bond acceptors (Lipinski definition) is 3. The highest BCUT2D eigenvalue weighted by molar-refractivity contribution is 5.43. The van der Waals surface area contributed by atoms with Gasteiger partial charge >= 0.3 is 0 Å². The lowest BCUT2D eigenvalue weighted by Gasteiger charge is -2.23. The summed E-state index contributed by atoms with van der Waals surface area (Å²) >= 11 is 0. The Balaban J connectivity index is 1.46. The molecule has 0 atom stereocenters. The Morgan fingerprint density at radius 1 is 1.00 bits per heavy atom. The molecule has 2 aliphatic rings. The molecule has 0 aliphatic carbocycles. The predicted molar refractivity (Wildman–Crippen MR) is 76.7 cm³/mol. The third-order valence-corrected chi connectivity index (χ3v) is 4.10. The number of likely N-dealkylation sites (tertiary alicyclic amines) is 1. The van der Waals surface area contributed by atoms with E-state index < -0.39 is 17.4 Å². The first kappa shape index (κ1) is 13.5. The maximum absolute atomic E-state index is 13.3. The molecule has 2 aromatic carbocycles. The van der Waals surface area contributed by atoms with E-state index in [0.29, 0.717) is 13.1 Å². The zero-order chi connectivity index (χ0) is 15.2. The summed E-state index contributed by atoms with van der Waals surface area (Å²) in [5, 5.41) is 0. The quantitative estimate of drug-likeness (QED) is 0.849. The predicted octanol–water partition coefficient (Wildman–Crippen LogP) is 3.34. The smallest absolute Gasteiger partial charge is 0.265 e. The summed E-state index contributed by atoms with van der Waals surface area (Å²) in [5.74, 6) is -0.761. The van der Waals surface area contributed by atoms with Gasteiger partial charge in [0.05, 0.1) is 6.54 Å². The second-order valence-electron chi connectivity index (χ2n) is 5.77. The fraction of sp³-hybridized carbons (Fsp3) is 0.294. The first-order valence-corrected chi connectivity index (χ1v) is 7.27. The molecule has 22 heavy (non-hydrogen) atoms. The van der Waals surface area contributed by atoms with Gasteiger partial charge in [-0.15, -0.1) is 0 Å². The molecule has 0 saturated carbocycles. The van der Waals surface area contributed by atoms with Crippen LogP contribution in [0.3, 0.4) is 0 Å². The van der Waals surface area contributed by atoms with Crippen LogP contribution in [-0.2, 0) is 6.54 Å². The summed E-state index contributed by atoms with van der Waals surface area (Å²) in [6, 6.07) is 11.6. The summed E-state index contributed by atoms with van der Waals surface area (Å²) in [7, 11) is 0. The van der Waals surface area contributed by atoms with Crippen molar-refractivity contribution in [3.05, 3.63) is 59.7 Å². The number of hydrogen-bond donors (Lipinski definition) is 0. The Morgan fingerprint density at radius 3 is 2.41 bits per heavy atom. The van der Waals surface area contributed by atoms with Crippen molar-refractivity contribution in [3.8, 4) is 11.5 Å². The third-order valence-electron chi connectivity index (χ3n) is 4.10. The van der Waals surface area contributed by atoms with Crippen LogP contribution in [-0.4, -0.2) is 23.8 Å². The van der Waals surface area contributed by atoms with Crippen LogP contribution >= 0.6 is 0 Å². The summed E-state index contributed by atoms with van der Waals surface area (Å²) in [4.78, 5) is 2.12. The average molecular weight is 303 g/mol. The van der Waals surface area contributed by atoms with Gasteiger partial charge in [-0.3, -0.25) is 4.90 Å². The van der Waals surface area contributed by atoms with Crippen LogP contribution in [0.4, 0.5) is 8.78 Å². The van der Waals surface area contributed by atoms with Crippen molar-refractivity contribution in [3.63, 3.8) is 0 Å². The largest absolute Gasteiger partial charge is 0.447 e. The Labute approximate surface area is 127 Å². The van der Waals surface area contributed by atoms with E-state index in [9.17, 15) is 8.78 Å². The lowest BCUT2D eigenvalue weighted by Crippen LogP contribution is -2.41. The standard InChI is InChI=1S/C17H15F2NO2/c18-13-6-5-12(9-14(13)19)10-20-8-7-17(11-20)21-15-3-1-2-4-16(15)22-17/h1-6,9H,7-8,10-11H2.